The van der Waals surface area contributed by atoms with E-state index in [2.05, 4.69) is 10.6 Å². The van der Waals surface area contributed by atoms with Crippen LogP contribution in [-0.4, -0.2) is 26.0 Å². The Kier molecular flexibility index (Phi) is 9.81. The van der Waals surface area contributed by atoms with Crippen molar-refractivity contribution in [2.45, 2.75) is 0 Å². The van der Waals surface area contributed by atoms with Crippen LogP contribution in [0.5, 0.6) is 0 Å². The fourth-order valence-electron chi connectivity index (χ4n) is 1.35. The van der Waals surface area contributed by atoms with Crippen molar-refractivity contribution in [1.82, 2.24) is 0 Å². The van der Waals surface area contributed by atoms with Gasteiger partial charge in [0.2, 0.25) is 0 Å². The summed E-state index contributed by atoms with van der Waals surface area (Å²) in [4.78, 5) is 21.6. The van der Waals surface area contributed by atoms with E-state index in [0.717, 1.165) is 0 Å². The zero-order valence-electron chi connectivity index (χ0n) is 10.8. The molecule has 0 aliphatic carbocycles. The summed E-state index contributed by atoms with van der Waals surface area (Å²) in [5.41, 5.74) is 0.102. The molecule has 0 atom stereocenters. The van der Waals surface area contributed by atoms with E-state index in [-0.39, 0.29) is 81.6 Å². The van der Waals surface area contributed by atoms with Crippen molar-refractivity contribution in [1.29, 1.82) is 0 Å². The topological polar surface area (TPSA) is 104 Å². The zero-order chi connectivity index (χ0) is 12.3. The molecule has 0 saturated heterocycles. The fraction of sp³-hybridized carbons (Fsp3) is 0.200. The average Bonchev–Trinajstić information content (AvgIpc) is 2.26. The van der Waals surface area contributed by atoms with Gasteiger partial charge in [-0.1, -0.05) is 0 Å². The minimum absolute atomic E-state index is 0. The quantitative estimate of drug-likeness (QED) is 0.526. The summed E-state index contributed by atoms with van der Waals surface area (Å²) in [6, 6.07) is 2.37. The SMILES string of the molecule is CNc1cc(C(=O)[O-])c(NC)cc1C(=O)[O-].[Na+].[Na+]. The number of aromatic carboxylic acids is 2. The number of carbonyl (C=O) groups excluding carboxylic acids is 2. The third-order valence-corrected chi connectivity index (χ3v) is 2.14. The molecule has 0 saturated carbocycles. The van der Waals surface area contributed by atoms with Gasteiger partial charge in [-0.2, -0.15) is 0 Å². The Balaban J connectivity index is 0. The summed E-state index contributed by atoms with van der Waals surface area (Å²) in [6.07, 6.45) is 0. The molecule has 0 bridgehead atoms. The van der Waals surface area contributed by atoms with Crippen LogP contribution in [0.25, 0.3) is 0 Å². The van der Waals surface area contributed by atoms with Crippen molar-refractivity contribution in [2.24, 2.45) is 0 Å². The van der Waals surface area contributed by atoms with Gasteiger partial charge in [0.1, 0.15) is 0 Å². The Labute approximate surface area is 149 Å². The number of rotatable bonds is 4. The number of carboxylic acid groups (broad SMARTS) is 2. The van der Waals surface area contributed by atoms with Crippen LogP contribution in [0.4, 0.5) is 11.4 Å². The van der Waals surface area contributed by atoms with Crippen LogP contribution in [0, 0.1) is 0 Å². The van der Waals surface area contributed by atoms with Gasteiger partial charge in [0, 0.05) is 36.6 Å². The minimum atomic E-state index is -1.38. The smallest absolute Gasteiger partial charge is 0.545 e. The molecule has 2 N–H and O–H groups in total. The van der Waals surface area contributed by atoms with Crippen molar-refractivity contribution < 1.29 is 78.9 Å². The molecule has 1 aromatic carbocycles. The van der Waals surface area contributed by atoms with Gasteiger partial charge in [-0.25, -0.2) is 0 Å². The number of benzene rings is 1. The van der Waals surface area contributed by atoms with Crippen molar-refractivity contribution in [3.8, 4) is 0 Å². The van der Waals surface area contributed by atoms with Crippen molar-refractivity contribution in [2.75, 3.05) is 24.7 Å². The first kappa shape index (κ1) is 20.1. The summed E-state index contributed by atoms with van der Waals surface area (Å²) in [6.45, 7) is 0. The van der Waals surface area contributed by atoms with E-state index in [1.165, 1.54) is 26.2 Å². The second-order valence-corrected chi connectivity index (χ2v) is 3.02. The molecule has 1 aromatic rings. The molecule has 8 heteroatoms. The summed E-state index contributed by atoms with van der Waals surface area (Å²) < 4.78 is 0. The Bertz CT molecular complexity index is 410. The average molecular weight is 268 g/mol. The van der Waals surface area contributed by atoms with Gasteiger partial charge in [0.05, 0.1) is 11.9 Å². The first-order valence-electron chi connectivity index (χ1n) is 4.47. The molecule has 0 unspecified atom stereocenters. The fourth-order valence-corrected chi connectivity index (χ4v) is 1.35. The molecule has 0 spiro atoms. The molecule has 0 amide bonds. The molecule has 0 fully saturated rings. The van der Waals surface area contributed by atoms with Gasteiger partial charge in [0.15, 0.2) is 0 Å². The number of hydrogen-bond acceptors (Lipinski definition) is 6. The first-order valence-corrected chi connectivity index (χ1v) is 4.47. The molecule has 0 aromatic heterocycles. The van der Waals surface area contributed by atoms with E-state index in [4.69, 9.17) is 0 Å². The van der Waals surface area contributed by atoms with Crippen LogP contribution in [0.15, 0.2) is 12.1 Å². The zero-order valence-corrected chi connectivity index (χ0v) is 14.8. The Morgan fingerprint density at radius 3 is 1.33 bits per heavy atom. The second-order valence-electron chi connectivity index (χ2n) is 3.02. The number of anilines is 2. The second kappa shape index (κ2) is 8.79. The van der Waals surface area contributed by atoms with Crippen LogP contribution < -0.4 is 80.0 Å². The van der Waals surface area contributed by atoms with Crippen LogP contribution in [0.3, 0.4) is 0 Å². The molecule has 6 nitrogen and oxygen atoms in total. The molecular formula is C10H10N2Na2O4. The molecule has 1 rings (SSSR count). The standard InChI is InChI=1S/C10H12N2O4.2Na/c1-11-7-3-6(10(15)16)8(12-2)4-5(7)9(13)14;;/h3-4,11-12H,1-2H3,(H,13,14)(H,15,16);;/q;2*+1/p-2. The number of carboxylic acids is 2. The van der Waals surface area contributed by atoms with E-state index in [1.54, 1.807) is 0 Å². The Hall–Kier alpha value is -0.240. The molecule has 0 aliphatic rings. The molecule has 0 heterocycles. The monoisotopic (exact) mass is 268 g/mol. The summed E-state index contributed by atoms with van der Waals surface area (Å²) in [5.74, 6) is -2.77. The van der Waals surface area contributed by atoms with Gasteiger partial charge < -0.3 is 30.4 Å². The molecule has 18 heavy (non-hydrogen) atoms. The van der Waals surface area contributed by atoms with Gasteiger partial charge >= 0.3 is 59.1 Å². The predicted molar refractivity (Wildman–Crippen MR) is 54.2 cm³/mol. The summed E-state index contributed by atoms with van der Waals surface area (Å²) in [5, 5.41) is 26.7. The largest absolute Gasteiger partial charge is 1.00 e. The van der Waals surface area contributed by atoms with Crippen LogP contribution in [-0.2, 0) is 0 Å². The van der Waals surface area contributed by atoms with Crippen LogP contribution >= 0.6 is 0 Å². The normalized spacial score (nSPS) is 8.56. The number of carbonyl (C=O) groups is 2. The van der Waals surface area contributed by atoms with Gasteiger partial charge in [-0.05, 0) is 12.1 Å². The molecule has 86 valence electrons. The van der Waals surface area contributed by atoms with E-state index >= 15 is 0 Å². The number of nitrogens with one attached hydrogen (secondary N) is 2. The van der Waals surface area contributed by atoms with Crippen molar-refractivity contribution in [3.05, 3.63) is 23.3 Å². The third kappa shape index (κ3) is 4.46. The van der Waals surface area contributed by atoms with Gasteiger partial charge in [-0.3, -0.25) is 0 Å². The maximum atomic E-state index is 10.8. The first-order chi connectivity index (χ1) is 7.51. The minimum Gasteiger partial charge on any atom is -0.545 e. The van der Waals surface area contributed by atoms with Gasteiger partial charge in [-0.15, -0.1) is 0 Å². The van der Waals surface area contributed by atoms with E-state index in [1.807, 2.05) is 0 Å². The molecular weight excluding hydrogens is 258 g/mol. The van der Waals surface area contributed by atoms with E-state index in [9.17, 15) is 19.8 Å². The molecule has 0 radical (unpaired) electrons. The maximum Gasteiger partial charge on any atom is 1.00 e. The van der Waals surface area contributed by atoms with E-state index in [0.29, 0.717) is 0 Å². The number of hydrogen-bond donors (Lipinski definition) is 2. The molecule has 0 aliphatic heterocycles. The summed E-state index contributed by atoms with van der Waals surface area (Å²) >= 11 is 0. The maximum absolute atomic E-state index is 10.8. The summed E-state index contributed by atoms with van der Waals surface area (Å²) in [7, 11) is 2.97. The van der Waals surface area contributed by atoms with Crippen LogP contribution in [0.1, 0.15) is 20.7 Å². The third-order valence-electron chi connectivity index (χ3n) is 2.14. The van der Waals surface area contributed by atoms with Crippen molar-refractivity contribution in [3.63, 3.8) is 0 Å². The Morgan fingerprint density at radius 2 is 1.17 bits per heavy atom. The Morgan fingerprint density at radius 1 is 0.889 bits per heavy atom. The van der Waals surface area contributed by atoms with Crippen molar-refractivity contribution >= 4 is 23.3 Å². The predicted octanol–water partition coefficient (Wildman–Crippen LogP) is -7.50. The van der Waals surface area contributed by atoms with Gasteiger partial charge in [0.25, 0.3) is 0 Å². The van der Waals surface area contributed by atoms with Crippen LogP contribution in [0.2, 0.25) is 0 Å². The van der Waals surface area contributed by atoms with E-state index < -0.39 is 11.9 Å².